The van der Waals surface area contributed by atoms with Gasteiger partial charge in [-0.3, -0.25) is 4.79 Å². The zero-order valence-corrected chi connectivity index (χ0v) is 20.9. The summed E-state index contributed by atoms with van der Waals surface area (Å²) in [5.74, 6) is 0.184. The van der Waals surface area contributed by atoms with Gasteiger partial charge in [0.05, 0.1) is 30.3 Å². The highest BCUT2D eigenvalue weighted by Gasteiger charge is 2.65. The molecule has 0 spiro atoms. The Hall–Kier alpha value is -0.690. The molecular weight excluding hydrogens is 420 g/mol. The van der Waals surface area contributed by atoms with Crippen LogP contribution < -0.4 is 0 Å². The summed E-state index contributed by atoms with van der Waals surface area (Å²) in [7, 11) is 0. The summed E-state index contributed by atoms with van der Waals surface area (Å²) in [5.41, 5.74) is -0.230. The molecule has 6 nitrogen and oxygen atoms in total. The number of hydrogen-bond acceptors (Lipinski definition) is 5. The van der Waals surface area contributed by atoms with Gasteiger partial charge in [0.1, 0.15) is 0 Å². The molecule has 0 radical (unpaired) electrons. The molecule has 6 heteroatoms. The minimum atomic E-state index is -0.963. The van der Waals surface area contributed by atoms with E-state index in [9.17, 15) is 30.3 Å². The Kier molecular flexibility index (Phi) is 6.98. The molecule has 4 saturated carbocycles. The number of aliphatic hydroxyl groups is 4. The summed E-state index contributed by atoms with van der Waals surface area (Å²) >= 11 is 0. The molecular formula is C27H46O6. The van der Waals surface area contributed by atoms with E-state index in [4.69, 9.17) is 0 Å². The van der Waals surface area contributed by atoms with Gasteiger partial charge in [-0.2, -0.15) is 0 Å². The van der Waals surface area contributed by atoms with Gasteiger partial charge in [0, 0.05) is 0 Å². The van der Waals surface area contributed by atoms with Crippen molar-refractivity contribution in [1.29, 1.82) is 0 Å². The normalized spacial score (nSPS) is 49.9. The lowest BCUT2D eigenvalue weighted by molar-refractivity contribution is -0.202. The van der Waals surface area contributed by atoms with Crippen molar-refractivity contribution in [2.24, 2.45) is 52.3 Å². The van der Waals surface area contributed by atoms with Crippen LogP contribution in [0.1, 0.15) is 85.5 Å². The second kappa shape index (κ2) is 9.07. The minimum Gasteiger partial charge on any atom is -0.481 e. The highest BCUT2D eigenvalue weighted by molar-refractivity contribution is 5.70. The molecule has 4 aliphatic carbocycles. The maximum atomic E-state index is 11.6. The Labute approximate surface area is 198 Å². The van der Waals surface area contributed by atoms with Crippen LogP contribution in [0.4, 0.5) is 0 Å². The van der Waals surface area contributed by atoms with E-state index >= 15 is 0 Å². The molecule has 0 heterocycles. The second-order valence-electron chi connectivity index (χ2n) is 12.8. The Balaban J connectivity index is 1.51. The summed E-state index contributed by atoms with van der Waals surface area (Å²) in [6, 6.07) is 0. The van der Waals surface area contributed by atoms with Crippen LogP contribution >= 0.6 is 0 Å². The summed E-state index contributed by atoms with van der Waals surface area (Å²) < 4.78 is 0. The van der Waals surface area contributed by atoms with Gasteiger partial charge in [0.2, 0.25) is 0 Å². The van der Waals surface area contributed by atoms with Gasteiger partial charge in [0.25, 0.3) is 0 Å². The van der Waals surface area contributed by atoms with Gasteiger partial charge < -0.3 is 25.5 Å². The molecule has 0 bridgehead atoms. The van der Waals surface area contributed by atoms with Gasteiger partial charge in [-0.05, 0) is 111 Å². The zero-order chi connectivity index (χ0) is 24.3. The monoisotopic (exact) mass is 466 g/mol. The molecule has 0 amide bonds. The Morgan fingerprint density at radius 1 is 0.939 bits per heavy atom. The Bertz CT molecular complexity index is 727. The number of fused-ring (bicyclic) bond motifs is 5. The number of aliphatic hydroxyl groups excluding tert-OH is 4. The molecule has 0 saturated heterocycles. The topological polar surface area (TPSA) is 118 Å². The SMILES string of the molecule is C[C@@H](CC[C@H](O)[C@@H](C)C(=O)O)[C@H]1CC[C@H]2[C@H]3C[C@H](O)[C@@H]4C[C@H](O)CC[C@]4(C)[C@H]3C[C@H](O)[C@]12C. The summed E-state index contributed by atoms with van der Waals surface area (Å²) in [6.07, 6.45) is 5.34. The fourth-order valence-electron chi connectivity index (χ4n) is 9.25. The van der Waals surface area contributed by atoms with Gasteiger partial charge in [-0.25, -0.2) is 0 Å². The van der Waals surface area contributed by atoms with E-state index in [1.807, 2.05) is 0 Å². The third-order valence-electron chi connectivity index (χ3n) is 11.4. The van der Waals surface area contributed by atoms with E-state index in [1.54, 1.807) is 6.92 Å². The fourth-order valence-corrected chi connectivity index (χ4v) is 9.25. The van der Waals surface area contributed by atoms with Crippen LogP contribution in [-0.2, 0) is 4.79 Å². The number of carboxylic acid groups (broad SMARTS) is 1. The molecule has 0 aromatic carbocycles. The molecule has 0 aromatic rings. The quantitative estimate of drug-likeness (QED) is 0.409. The van der Waals surface area contributed by atoms with Gasteiger partial charge in [-0.1, -0.05) is 20.8 Å². The van der Waals surface area contributed by atoms with Crippen molar-refractivity contribution in [3.63, 3.8) is 0 Å². The predicted octanol–water partition coefficient (Wildman–Crippen LogP) is 3.45. The largest absolute Gasteiger partial charge is 0.481 e. The number of hydrogen-bond donors (Lipinski definition) is 5. The van der Waals surface area contributed by atoms with E-state index in [1.165, 1.54) is 0 Å². The number of carbonyl (C=O) groups is 1. The molecule has 0 aromatic heterocycles. The third kappa shape index (κ3) is 4.07. The average Bonchev–Trinajstić information content (AvgIpc) is 3.13. The van der Waals surface area contributed by atoms with Gasteiger partial charge in [-0.15, -0.1) is 0 Å². The van der Waals surface area contributed by atoms with Crippen LogP contribution in [0.3, 0.4) is 0 Å². The predicted molar refractivity (Wildman–Crippen MR) is 125 cm³/mol. The standard InChI is InChI=1S/C27H46O6/c1-14(5-8-22(29)15(2)25(32)33)18-6-7-19-17-12-23(30)21-11-16(28)9-10-26(21,3)20(17)13-24(31)27(18,19)4/h14-24,28-31H,5-13H2,1-4H3,(H,32,33)/t14-,15+,16+,17+,18+,19-,20-,21-,22-,23-,24-,26+,27+/m0/s1. The number of carboxylic acids is 1. The Morgan fingerprint density at radius 3 is 2.30 bits per heavy atom. The van der Waals surface area contributed by atoms with Crippen molar-refractivity contribution in [3.8, 4) is 0 Å². The van der Waals surface area contributed by atoms with E-state index in [0.29, 0.717) is 42.4 Å². The molecule has 4 fully saturated rings. The van der Waals surface area contributed by atoms with Crippen LogP contribution in [0.5, 0.6) is 0 Å². The van der Waals surface area contributed by atoms with Crippen molar-refractivity contribution < 1.29 is 30.3 Å². The van der Waals surface area contributed by atoms with Gasteiger partial charge >= 0.3 is 5.97 Å². The summed E-state index contributed by atoms with van der Waals surface area (Å²) in [6.45, 7) is 8.32. The van der Waals surface area contributed by atoms with E-state index < -0.39 is 18.0 Å². The molecule has 0 unspecified atom stereocenters. The first kappa shape index (κ1) is 25.4. The molecule has 4 rings (SSSR count). The zero-order valence-electron chi connectivity index (χ0n) is 20.9. The molecule has 190 valence electrons. The molecule has 4 aliphatic rings. The highest BCUT2D eigenvalue weighted by atomic mass is 16.4. The first-order valence-corrected chi connectivity index (χ1v) is 13.4. The number of aliphatic carboxylic acids is 1. The van der Waals surface area contributed by atoms with Crippen molar-refractivity contribution >= 4 is 5.97 Å². The van der Waals surface area contributed by atoms with Gasteiger partial charge in [0.15, 0.2) is 0 Å². The van der Waals surface area contributed by atoms with Crippen LogP contribution in [0.2, 0.25) is 0 Å². The van der Waals surface area contributed by atoms with Crippen LogP contribution in [-0.4, -0.2) is 55.9 Å². The Morgan fingerprint density at radius 2 is 1.64 bits per heavy atom. The first-order valence-electron chi connectivity index (χ1n) is 13.4. The lowest BCUT2D eigenvalue weighted by Gasteiger charge is -2.63. The highest BCUT2D eigenvalue weighted by Crippen LogP contribution is 2.68. The lowest BCUT2D eigenvalue weighted by atomic mass is 9.43. The average molecular weight is 467 g/mol. The maximum absolute atomic E-state index is 11.6. The van der Waals surface area contributed by atoms with Crippen molar-refractivity contribution in [2.45, 2.75) is 110 Å². The van der Waals surface area contributed by atoms with Crippen LogP contribution in [0.15, 0.2) is 0 Å². The number of rotatable bonds is 6. The van der Waals surface area contributed by atoms with Crippen LogP contribution in [0.25, 0.3) is 0 Å². The van der Waals surface area contributed by atoms with E-state index in [2.05, 4.69) is 20.8 Å². The van der Waals surface area contributed by atoms with Crippen molar-refractivity contribution in [1.82, 2.24) is 0 Å². The third-order valence-corrected chi connectivity index (χ3v) is 11.4. The van der Waals surface area contributed by atoms with Crippen molar-refractivity contribution in [3.05, 3.63) is 0 Å². The minimum absolute atomic E-state index is 0.0232. The second-order valence-corrected chi connectivity index (χ2v) is 12.8. The smallest absolute Gasteiger partial charge is 0.308 e. The molecule has 13 atom stereocenters. The fraction of sp³-hybridized carbons (Fsp3) is 0.963. The lowest BCUT2D eigenvalue weighted by Crippen LogP contribution is -2.61. The maximum Gasteiger partial charge on any atom is 0.308 e. The first-order chi connectivity index (χ1) is 15.4. The molecule has 33 heavy (non-hydrogen) atoms. The summed E-state index contributed by atoms with van der Waals surface area (Å²) in [4.78, 5) is 11.2. The van der Waals surface area contributed by atoms with E-state index in [0.717, 1.165) is 44.9 Å². The van der Waals surface area contributed by atoms with E-state index in [-0.39, 0.29) is 35.1 Å². The van der Waals surface area contributed by atoms with Crippen molar-refractivity contribution in [2.75, 3.05) is 0 Å². The summed E-state index contributed by atoms with van der Waals surface area (Å²) in [5, 5.41) is 52.5. The molecule has 0 aliphatic heterocycles. The molecule has 5 N–H and O–H groups in total. The van der Waals surface area contributed by atoms with Crippen LogP contribution in [0, 0.1) is 52.3 Å².